The van der Waals surface area contributed by atoms with Gasteiger partial charge in [0.25, 0.3) is 5.69 Å². The maximum atomic E-state index is 11.5. The van der Waals surface area contributed by atoms with E-state index in [9.17, 15) is 14.9 Å². The Balaban J connectivity index is 2.12. The highest BCUT2D eigenvalue weighted by molar-refractivity contribution is 5.69. The number of anilines is 2. The van der Waals surface area contributed by atoms with Gasteiger partial charge in [0.1, 0.15) is 5.75 Å². The fraction of sp³-hybridized carbons (Fsp3) is 0.350. The molecular formula is C20H24N2O5. The number of nitro groups is 1. The molecule has 0 unspecified atom stereocenters. The lowest BCUT2D eigenvalue weighted by molar-refractivity contribution is -0.384. The summed E-state index contributed by atoms with van der Waals surface area (Å²) in [6.45, 7) is 2.85. The molecule has 0 amide bonds. The molecule has 0 fully saturated rings. The standard InChI is InChI=1S/C20H24N2O5/c1-3-27-20(23)6-4-5-15-21(17-11-13-19(26-2)14-12-17)16-7-9-18(10-8-16)22(24)25/h7-14H,3-6,15H2,1-2H3. The quantitative estimate of drug-likeness (QED) is 0.265. The Kier molecular flexibility index (Phi) is 7.61. The van der Waals surface area contributed by atoms with Gasteiger partial charge in [-0.1, -0.05) is 0 Å². The van der Waals surface area contributed by atoms with Gasteiger partial charge in [-0.3, -0.25) is 14.9 Å². The van der Waals surface area contributed by atoms with Crippen molar-refractivity contribution in [3.05, 3.63) is 58.6 Å². The van der Waals surface area contributed by atoms with Gasteiger partial charge >= 0.3 is 5.97 Å². The fourth-order valence-corrected chi connectivity index (χ4v) is 2.70. The van der Waals surface area contributed by atoms with Crippen LogP contribution in [-0.2, 0) is 9.53 Å². The molecule has 0 atom stereocenters. The number of rotatable bonds is 10. The lowest BCUT2D eigenvalue weighted by Gasteiger charge is -2.25. The molecule has 0 aliphatic carbocycles. The predicted molar refractivity (Wildman–Crippen MR) is 104 cm³/mol. The number of non-ortho nitro benzene ring substituents is 1. The number of unbranched alkanes of at least 4 members (excludes halogenated alkanes) is 1. The highest BCUT2D eigenvalue weighted by Crippen LogP contribution is 2.29. The number of hydrogen-bond acceptors (Lipinski definition) is 6. The largest absolute Gasteiger partial charge is 0.497 e. The first-order valence-corrected chi connectivity index (χ1v) is 8.86. The van der Waals surface area contributed by atoms with E-state index >= 15 is 0 Å². The van der Waals surface area contributed by atoms with Gasteiger partial charge in [-0.05, 0) is 56.2 Å². The Morgan fingerprint density at radius 1 is 1.04 bits per heavy atom. The van der Waals surface area contributed by atoms with Crippen LogP contribution in [0.25, 0.3) is 0 Å². The first kappa shape index (κ1) is 20.2. The van der Waals surface area contributed by atoms with Crippen molar-refractivity contribution in [3.63, 3.8) is 0 Å². The highest BCUT2D eigenvalue weighted by Gasteiger charge is 2.12. The van der Waals surface area contributed by atoms with E-state index in [1.165, 1.54) is 12.1 Å². The van der Waals surface area contributed by atoms with E-state index in [0.717, 1.165) is 23.5 Å². The average molecular weight is 372 g/mol. The lowest BCUT2D eigenvalue weighted by atomic mass is 10.1. The SMILES string of the molecule is CCOC(=O)CCCCN(c1ccc(OC)cc1)c1ccc([N+](=O)[O-])cc1. The molecule has 0 bridgehead atoms. The molecular weight excluding hydrogens is 348 g/mol. The molecule has 0 saturated heterocycles. The smallest absolute Gasteiger partial charge is 0.305 e. The summed E-state index contributed by atoms with van der Waals surface area (Å²) in [6, 6.07) is 14.0. The molecule has 0 spiro atoms. The topological polar surface area (TPSA) is 81.9 Å². The minimum absolute atomic E-state index is 0.0516. The lowest BCUT2D eigenvalue weighted by Crippen LogP contribution is -2.18. The maximum Gasteiger partial charge on any atom is 0.305 e. The van der Waals surface area contributed by atoms with Crippen molar-refractivity contribution in [2.45, 2.75) is 26.2 Å². The summed E-state index contributed by atoms with van der Waals surface area (Å²) >= 11 is 0. The number of carbonyl (C=O) groups excluding carboxylic acids is 1. The fourth-order valence-electron chi connectivity index (χ4n) is 2.70. The average Bonchev–Trinajstić information content (AvgIpc) is 2.68. The van der Waals surface area contributed by atoms with E-state index < -0.39 is 4.92 Å². The molecule has 0 aliphatic rings. The molecule has 2 aromatic carbocycles. The van der Waals surface area contributed by atoms with E-state index in [1.54, 1.807) is 26.2 Å². The Morgan fingerprint density at radius 3 is 2.15 bits per heavy atom. The number of nitrogens with zero attached hydrogens (tertiary/aromatic N) is 2. The number of benzene rings is 2. The van der Waals surface area contributed by atoms with Gasteiger partial charge in [0.15, 0.2) is 0 Å². The summed E-state index contributed by atoms with van der Waals surface area (Å²) in [6.07, 6.45) is 1.87. The summed E-state index contributed by atoms with van der Waals surface area (Å²) < 4.78 is 10.1. The zero-order valence-corrected chi connectivity index (χ0v) is 15.6. The van der Waals surface area contributed by atoms with Crippen molar-refractivity contribution in [1.82, 2.24) is 0 Å². The van der Waals surface area contributed by atoms with Crippen molar-refractivity contribution in [1.29, 1.82) is 0 Å². The normalized spacial score (nSPS) is 10.3. The molecule has 0 aromatic heterocycles. The van der Waals surface area contributed by atoms with Crippen LogP contribution in [0.4, 0.5) is 17.1 Å². The summed E-state index contributed by atoms with van der Waals surface area (Å²) in [5, 5.41) is 10.9. The van der Waals surface area contributed by atoms with Crippen LogP contribution in [0.3, 0.4) is 0 Å². The molecule has 0 radical (unpaired) electrons. The first-order valence-electron chi connectivity index (χ1n) is 8.86. The molecule has 7 heteroatoms. The molecule has 0 heterocycles. The summed E-state index contributed by atoms with van der Waals surface area (Å²) in [7, 11) is 1.61. The summed E-state index contributed by atoms with van der Waals surface area (Å²) in [4.78, 5) is 24.0. The number of ether oxygens (including phenoxy) is 2. The summed E-state index contributed by atoms with van der Waals surface area (Å²) in [5.41, 5.74) is 1.85. The van der Waals surface area contributed by atoms with E-state index in [4.69, 9.17) is 9.47 Å². The van der Waals surface area contributed by atoms with Crippen LogP contribution < -0.4 is 9.64 Å². The van der Waals surface area contributed by atoms with E-state index in [1.807, 2.05) is 24.3 Å². The van der Waals surface area contributed by atoms with E-state index in [-0.39, 0.29) is 11.7 Å². The zero-order chi connectivity index (χ0) is 19.6. The van der Waals surface area contributed by atoms with Crippen molar-refractivity contribution in [3.8, 4) is 5.75 Å². The van der Waals surface area contributed by atoms with Crippen LogP contribution in [0.5, 0.6) is 5.75 Å². The van der Waals surface area contributed by atoms with Crippen molar-refractivity contribution in [2.24, 2.45) is 0 Å². The molecule has 0 N–H and O–H groups in total. The van der Waals surface area contributed by atoms with Gasteiger partial charge in [0, 0.05) is 36.5 Å². The second kappa shape index (κ2) is 10.2. The van der Waals surface area contributed by atoms with Gasteiger partial charge in [-0.2, -0.15) is 0 Å². The predicted octanol–water partition coefficient (Wildman–Crippen LogP) is 4.47. The molecule has 27 heavy (non-hydrogen) atoms. The van der Waals surface area contributed by atoms with Crippen molar-refractivity contribution >= 4 is 23.0 Å². The van der Waals surface area contributed by atoms with Crippen molar-refractivity contribution < 1.29 is 19.2 Å². The van der Waals surface area contributed by atoms with Crippen LogP contribution in [0.15, 0.2) is 48.5 Å². The highest BCUT2D eigenvalue weighted by atomic mass is 16.6. The van der Waals surface area contributed by atoms with E-state index in [0.29, 0.717) is 26.0 Å². The van der Waals surface area contributed by atoms with Crippen LogP contribution in [-0.4, -0.2) is 31.2 Å². The monoisotopic (exact) mass is 372 g/mol. The second-order valence-electron chi connectivity index (χ2n) is 5.89. The molecule has 2 rings (SSSR count). The molecule has 0 aliphatic heterocycles. The van der Waals surface area contributed by atoms with Crippen LogP contribution in [0.2, 0.25) is 0 Å². The zero-order valence-electron chi connectivity index (χ0n) is 15.6. The second-order valence-corrected chi connectivity index (χ2v) is 5.89. The number of nitro benzene ring substituents is 1. The number of esters is 1. The van der Waals surface area contributed by atoms with E-state index in [2.05, 4.69) is 4.90 Å². The van der Waals surface area contributed by atoms with Gasteiger partial charge in [0.05, 0.1) is 18.6 Å². The Labute approximate surface area is 158 Å². The third-order valence-corrected chi connectivity index (χ3v) is 4.07. The number of hydrogen-bond donors (Lipinski definition) is 0. The molecule has 7 nitrogen and oxygen atoms in total. The minimum atomic E-state index is -0.416. The number of carbonyl (C=O) groups is 1. The molecule has 2 aromatic rings. The third-order valence-electron chi connectivity index (χ3n) is 4.07. The van der Waals surface area contributed by atoms with Crippen LogP contribution in [0, 0.1) is 10.1 Å². The summed E-state index contributed by atoms with van der Waals surface area (Å²) in [5.74, 6) is 0.563. The van der Waals surface area contributed by atoms with Gasteiger partial charge < -0.3 is 14.4 Å². The van der Waals surface area contributed by atoms with Crippen LogP contribution >= 0.6 is 0 Å². The Bertz CT molecular complexity index is 744. The van der Waals surface area contributed by atoms with Gasteiger partial charge in [0.2, 0.25) is 0 Å². The minimum Gasteiger partial charge on any atom is -0.497 e. The van der Waals surface area contributed by atoms with Crippen LogP contribution in [0.1, 0.15) is 26.2 Å². The molecule has 0 saturated carbocycles. The Morgan fingerprint density at radius 2 is 1.63 bits per heavy atom. The third kappa shape index (κ3) is 5.99. The molecule has 144 valence electrons. The number of methoxy groups -OCH3 is 1. The van der Waals surface area contributed by atoms with Crippen molar-refractivity contribution in [2.75, 3.05) is 25.2 Å². The first-order chi connectivity index (χ1) is 13.0. The maximum absolute atomic E-state index is 11.5. The Hall–Kier alpha value is -3.09. The van der Waals surface area contributed by atoms with Gasteiger partial charge in [-0.15, -0.1) is 0 Å². The van der Waals surface area contributed by atoms with Gasteiger partial charge in [-0.25, -0.2) is 0 Å².